The Labute approximate surface area is 192 Å². The molecule has 0 radical (unpaired) electrons. The van der Waals surface area contributed by atoms with Crippen LogP contribution in [-0.4, -0.2) is 15.8 Å². The molecule has 5 nitrogen and oxygen atoms in total. The number of nitrogens with one attached hydrogen (secondary N) is 2. The Bertz CT molecular complexity index is 1200. The number of halogens is 5. The third-order valence-electron chi connectivity index (χ3n) is 4.97. The third-order valence-corrected chi connectivity index (χ3v) is 5.71. The summed E-state index contributed by atoms with van der Waals surface area (Å²) in [6, 6.07) is 9.61. The van der Waals surface area contributed by atoms with Gasteiger partial charge in [0.1, 0.15) is 5.82 Å². The molecule has 0 saturated heterocycles. The van der Waals surface area contributed by atoms with E-state index in [-0.39, 0.29) is 29.2 Å². The van der Waals surface area contributed by atoms with Crippen LogP contribution in [0.2, 0.25) is 10.0 Å². The number of alkyl halides is 3. The van der Waals surface area contributed by atoms with Crippen LogP contribution in [0.25, 0.3) is 0 Å². The first kappa shape index (κ1) is 22.4. The van der Waals surface area contributed by atoms with E-state index in [4.69, 9.17) is 23.2 Å². The Hall–Kier alpha value is -2.84. The molecule has 166 valence electrons. The van der Waals surface area contributed by atoms with Gasteiger partial charge in [-0.05, 0) is 48.7 Å². The first-order chi connectivity index (χ1) is 15.1. The normalized spacial score (nSPS) is 15.9. The number of benzene rings is 2. The summed E-state index contributed by atoms with van der Waals surface area (Å²) in [4.78, 5) is 21.5. The van der Waals surface area contributed by atoms with Crippen LogP contribution in [0.4, 0.5) is 36.3 Å². The van der Waals surface area contributed by atoms with Crippen LogP contribution in [0.5, 0.6) is 0 Å². The minimum Gasteiger partial charge on any atom is -0.339 e. The van der Waals surface area contributed by atoms with E-state index in [0.717, 1.165) is 12.1 Å². The SMILES string of the molecule is CC1CC(=O)c2c(nc(Nc3cccc(C(F)(F)F)c3)nc2Nc2ccc(Cl)c(Cl)c2)C1. The highest BCUT2D eigenvalue weighted by atomic mass is 35.5. The number of rotatable bonds is 4. The number of Topliss-reactive ketones (excluding diaryl/α,β-unsaturated/α-hetero) is 1. The van der Waals surface area contributed by atoms with Gasteiger partial charge in [0.05, 0.1) is 26.9 Å². The van der Waals surface area contributed by atoms with E-state index in [9.17, 15) is 18.0 Å². The van der Waals surface area contributed by atoms with Gasteiger partial charge in [-0.15, -0.1) is 0 Å². The molecule has 1 atom stereocenters. The van der Waals surface area contributed by atoms with E-state index in [0.29, 0.717) is 39.8 Å². The molecule has 10 heteroatoms. The number of anilines is 4. The molecule has 0 amide bonds. The van der Waals surface area contributed by atoms with Gasteiger partial charge in [-0.3, -0.25) is 4.79 Å². The molecule has 1 aromatic heterocycles. The number of hydrogen-bond donors (Lipinski definition) is 2. The highest BCUT2D eigenvalue weighted by Gasteiger charge is 2.31. The van der Waals surface area contributed by atoms with E-state index in [1.165, 1.54) is 12.1 Å². The molecule has 32 heavy (non-hydrogen) atoms. The molecule has 4 rings (SSSR count). The predicted molar refractivity (Wildman–Crippen MR) is 118 cm³/mol. The Balaban J connectivity index is 1.74. The molecular weight excluding hydrogens is 464 g/mol. The average molecular weight is 481 g/mol. The number of carbonyl (C=O) groups excluding carboxylic acids is 1. The number of hydrogen-bond acceptors (Lipinski definition) is 5. The zero-order valence-electron chi connectivity index (χ0n) is 16.7. The molecule has 0 saturated carbocycles. The number of nitrogens with zero attached hydrogens (tertiary/aromatic N) is 2. The first-order valence-electron chi connectivity index (χ1n) is 9.70. The summed E-state index contributed by atoms with van der Waals surface area (Å²) < 4.78 is 39.2. The van der Waals surface area contributed by atoms with Crippen molar-refractivity contribution in [3.8, 4) is 0 Å². The van der Waals surface area contributed by atoms with Crippen LogP contribution in [0.1, 0.15) is 35.0 Å². The largest absolute Gasteiger partial charge is 0.416 e. The van der Waals surface area contributed by atoms with Gasteiger partial charge in [-0.1, -0.05) is 36.2 Å². The second-order valence-corrected chi connectivity index (χ2v) is 8.43. The minimum atomic E-state index is -4.48. The quantitative estimate of drug-likeness (QED) is 0.418. The lowest BCUT2D eigenvalue weighted by molar-refractivity contribution is -0.137. The van der Waals surface area contributed by atoms with E-state index in [1.807, 2.05) is 6.92 Å². The van der Waals surface area contributed by atoms with Crippen molar-refractivity contribution in [1.82, 2.24) is 9.97 Å². The monoisotopic (exact) mass is 480 g/mol. The Morgan fingerprint density at radius 2 is 1.72 bits per heavy atom. The summed E-state index contributed by atoms with van der Waals surface area (Å²) in [5.41, 5.74) is 0.829. The molecule has 1 aliphatic rings. The molecular formula is C22H17Cl2F3N4O. The number of aromatic nitrogens is 2. The maximum Gasteiger partial charge on any atom is 0.416 e. The first-order valence-corrected chi connectivity index (χ1v) is 10.5. The van der Waals surface area contributed by atoms with Crippen LogP contribution in [-0.2, 0) is 12.6 Å². The van der Waals surface area contributed by atoms with Gasteiger partial charge in [0, 0.05) is 17.8 Å². The maximum atomic E-state index is 13.1. The third kappa shape index (κ3) is 4.81. The Morgan fingerprint density at radius 3 is 2.44 bits per heavy atom. The van der Waals surface area contributed by atoms with Crippen molar-refractivity contribution in [2.75, 3.05) is 10.6 Å². The molecule has 3 aromatic rings. The number of fused-ring (bicyclic) bond motifs is 1. The molecule has 1 aliphatic carbocycles. The fourth-order valence-electron chi connectivity index (χ4n) is 3.53. The van der Waals surface area contributed by atoms with Crippen molar-refractivity contribution in [1.29, 1.82) is 0 Å². The fourth-order valence-corrected chi connectivity index (χ4v) is 3.83. The van der Waals surface area contributed by atoms with Crippen LogP contribution in [0.3, 0.4) is 0 Å². The van der Waals surface area contributed by atoms with E-state index in [1.54, 1.807) is 18.2 Å². The minimum absolute atomic E-state index is 0.0764. The fraction of sp³-hybridized carbons (Fsp3) is 0.227. The van der Waals surface area contributed by atoms with E-state index >= 15 is 0 Å². The second-order valence-electron chi connectivity index (χ2n) is 7.61. The van der Waals surface area contributed by atoms with Gasteiger partial charge in [-0.25, -0.2) is 4.98 Å². The number of ketones is 1. The number of carbonyl (C=O) groups is 1. The van der Waals surface area contributed by atoms with Crippen LogP contribution in [0.15, 0.2) is 42.5 Å². The Kier molecular flexibility index (Phi) is 6.01. The van der Waals surface area contributed by atoms with Crippen molar-refractivity contribution in [3.63, 3.8) is 0 Å². The van der Waals surface area contributed by atoms with Gasteiger partial charge in [0.2, 0.25) is 5.95 Å². The summed E-state index contributed by atoms with van der Waals surface area (Å²) in [6.07, 6.45) is -3.58. The summed E-state index contributed by atoms with van der Waals surface area (Å²) in [7, 11) is 0. The lowest BCUT2D eigenvalue weighted by atomic mass is 9.87. The van der Waals surface area contributed by atoms with Crippen molar-refractivity contribution >= 4 is 52.1 Å². The lowest BCUT2D eigenvalue weighted by Crippen LogP contribution is -2.22. The van der Waals surface area contributed by atoms with E-state index in [2.05, 4.69) is 20.6 Å². The van der Waals surface area contributed by atoms with Crippen molar-refractivity contribution < 1.29 is 18.0 Å². The van der Waals surface area contributed by atoms with Crippen LogP contribution < -0.4 is 10.6 Å². The van der Waals surface area contributed by atoms with Gasteiger partial charge in [0.15, 0.2) is 5.78 Å². The van der Waals surface area contributed by atoms with Gasteiger partial charge < -0.3 is 10.6 Å². The van der Waals surface area contributed by atoms with Gasteiger partial charge in [0.25, 0.3) is 0 Å². The summed E-state index contributed by atoms with van der Waals surface area (Å²) >= 11 is 12.1. The Morgan fingerprint density at radius 1 is 0.969 bits per heavy atom. The summed E-state index contributed by atoms with van der Waals surface area (Å²) in [5, 5.41) is 6.59. The van der Waals surface area contributed by atoms with Crippen LogP contribution in [0, 0.1) is 5.92 Å². The molecule has 2 N–H and O–H groups in total. The molecule has 1 heterocycles. The topological polar surface area (TPSA) is 66.9 Å². The van der Waals surface area contributed by atoms with Crippen LogP contribution >= 0.6 is 23.2 Å². The highest BCUT2D eigenvalue weighted by Crippen LogP contribution is 2.34. The second kappa shape index (κ2) is 8.60. The molecule has 0 aliphatic heterocycles. The summed E-state index contributed by atoms with van der Waals surface area (Å²) in [5.74, 6) is 0.309. The van der Waals surface area contributed by atoms with Crippen molar-refractivity contribution in [2.45, 2.75) is 25.9 Å². The van der Waals surface area contributed by atoms with Gasteiger partial charge >= 0.3 is 6.18 Å². The highest BCUT2D eigenvalue weighted by molar-refractivity contribution is 6.42. The maximum absolute atomic E-state index is 13.1. The van der Waals surface area contributed by atoms with Crippen molar-refractivity contribution in [2.24, 2.45) is 5.92 Å². The molecule has 0 spiro atoms. The van der Waals surface area contributed by atoms with E-state index < -0.39 is 11.7 Å². The molecule has 0 bridgehead atoms. The predicted octanol–water partition coefficient (Wildman–Crippen LogP) is 7.05. The zero-order valence-corrected chi connectivity index (χ0v) is 18.2. The standard InChI is InChI=1S/C22H17Cl2F3N4O/c1-11-7-17-19(18(32)8-11)20(28-14-5-6-15(23)16(24)10-14)31-21(30-17)29-13-4-2-3-12(9-13)22(25,26)27/h2-6,9-11H,7-8H2,1H3,(H2,28,29,30,31). The average Bonchev–Trinajstić information content (AvgIpc) is 2.69. The lowest BCUT2D eigenvalue weighted by Gasteiger charge is -2.23. The summed E-state index contributed by atoms with van der Waals surface area (Å²) in [6.45, 7) is 1.94. The van der Waals surface area contributed by atoms with Gasteiger partial charge in [-0.2, -0.15) is 18.2 Å². The molecule has 1 unspecified atom stereocenters. The smallest absolute Gasteiger partial charge is 0.339 e. The van der Waals surface area contributed by atoms with Crippen molar-refractivity contribution in [3.05, 3.63) is 69.3 Å². The zero-order chi connectivity index (χ0) is 23.0. The molecule has 2 aromatic carbocycles. The molecule has 0 fully saturated rings.